The number of benzene rings is 2. The topological polar surface area (TPSA) is 12.9 Å². The lowest BCUT2D eigenvalue weighted by Crippen LogP contribution is -2.14. The maximum atomic E-state index is 4.23. The molecule has 3 aromatic rings. The summed E-state index contributed by atoms with van der Waals surface area (Å²) in [6, 6.07) is 19.6. The molecular weight excluding hydrogens is 254 g/mol. The molecule has 0 saturated heterocycles. The minimum Gasteiger partial charge on any atom is -0.264 e. The van der Waals surface area contributed by atoms with Crippen LogP contribution >= 0.6 is 0 Å². The lowest BCUT2D eigenvalue weighted by molar-refractivity contribution is 0.660. The summed E-state index contributed by atoms with van der Waals surface area (Å²) in [6.07, 6.45) is 3.74. The third-order valence-electron chi connectivity index (χ3n) is 4.58. The highest BCUT2D eigenvalue weighted by Gasteiger charge is 2.34. The van der Waals surface area contributed by atoms with Crippen LogP contribution in [0.15, 0.2) is 67.0 Å². The van der Waals surface area contributed by atoms with E-state index < -0.39 is 0 Å². The molecule has 0 fully saturated rings. The number of nitrogens with zero attached hydrogens (tertiary/aromatic N) is 1. The Hall–Kier alpha value is -2.41. The predicted molar refractivity (Wildman–Crippen MR) is 87.2 cm³/mol. The van der Waals surface area contributed by atoms with E-state index in [4.69, 9.17) is 0 Å². The summed E-state index contributed by atoms with van der Waals surface area (Å²) in [5.41, 5.74) is 8.04. The van der Waals surface area contributed by atoms with Gasteiger partial charge in [-0.3, -0.25) is 4.98 Å². The van der Waals surface area contributed by atoms with E-state index in [1.54, 1.807) is 0 Å². The predicted octanol–water partition coefficient (Wildman–Crippen LogP) is 5.05. The first-order valence-electron chi connectivity index (χ1n) is 7.33. The first-order valence-corrected chi connectivity index (χ1v) is 7.33. The molecular formula is C20H17N. The van der Waals surface area contributed by atoms with Gasteiger partial charge in [-0.25, -0.2) is 0 Å². The van der Waals surface area contributed by atoms with Crippen molar-refractivity contribution in [3.05, 3.63) is 78.1 Å². The number of pyridine rings is 1. The number of hydrogen-bond acceptors (Lipinski definition) is 1. The van der Waals surface area contributed by atoms with Crippen molar-refractivity contribution in [1.29, 1.82) is 0 Å². The van der Waals surface area contributed by atoms with Crippen LogP contribution in [0.2, 0.25) is 0 Å². The lowest BCUT2D eigenvalue weighted by atomic mass is 9.82. The number of aromatic nitrogens is 1. The first-order chi connectivity index (χ1) is 10.2. The van der Waals surface area contributed by atoms with E-state index in [9.17, 15) is 0 Å². The molecule has 1 nitrogen and oxygen atoms in total. The Morgan fingerprint density at radius 2 is 1.57 bits per heavy atom. The van der Waals surface area contributed by atoms with Gasteiger partial charge in [0.05, 0.1) is 0 Å². The van der Waals surface area contributed by atoms with Gasteiger partial charge in [-0.05, 0) is 39.9 Å². The fourth-order valence-corrected chi connectivity index (χ4v) is 3.43. The van der Waals surface area contributed by atoms with E-state index in [0.29, 0.717) is 0 Å². The molecule has 0 N–H and O–H groups in total. The lowest BCUT2D eigenvalue weighted by Gasteiger charge is -2.21. The van der Waals surface area contributed by atoms with Crippen molar-refractivity contribution in [1.82, 2.24) is 4.98 Å². The van der Waals surface area contributed by atoms with Gasteiger partial charge in [0.25, 0.3) is 0 Å². The minimum absolute atomic E-state index is 0.0827. The average Bonchev–Trinajstić information content (AvgIpc) is 2.77. The molecule has 1 aliphatic rings. The molecule has 0 radical (unpaired) electrons. The SMILES string of the molecule is CC1(C)c2ccccc2-c2cc(-c3cccnc3)ccc21. The number of rotatable bonds is 1. The highest BCUT2D eigenvalue weighted by atomic mass is 14.6. The largest absolute Gasteiger partial charge is 0.264 e. The monoisotopic (exact) mass is 271 g/mol. The van der Waals surface area contributed by atoms with Crippen LogP contribution in [-0.2, 0) is 5.41 Å². The maximum Gasteiger partial charge on any atom is 0.0346 e. The van der Waals surface area contributed by atoms with Gasteiger partial charge in [-0.2, -0.15) is 0 Å². The molecule has 0 amide bonds. The quantitative estimate of drug-likeness (QED) is 0.603. The molecule has 1 heteroatoms. The van der Waals surface area contributed by atoms with Crippen LogP contribution in [0.3, 0.4) is 0 Å². The Kier molecular flexibility index (Phi) is 2.52. The van der Waals surface area contributed by atoms with E-state index in [0.717, 1.165) is 0 Å². The van der Waals surface area contributed by atoms with Gasteiger partial charge < -0.3 is 0 Å². The van der Waals surface area contributed by atoms with Gasteiger partial charge in [0.1, 0.15) is 0 Å². The molecule has 2 aromatic carbocycles. The van der Waals surface area contributed by atoms with Crippen molar-refractivity contribution in [2.24, 2.45) is 0 Å². The van der Waals surface area contributed by atoms with Crippen LogP contribution in [0.25, 0.3) is 22.3 Å². The molecule has 1 aromatic heterocycles. The summed E-state index contributed by atoms with van der Waals surface area (Å²) in [6.45, 7) is 4.61. The van der Waals surface area contributed by atoms with Crippen molar-refractivity contribution in [3.63, 3.8) is 0 Å². The van der Waals surface area contributed by atoms with Crippen LogP contribution in [0.5, 0.6) is 0 Å². The van der Waals surface area contributed by atoms with Crippen molar-refractivity contribution < 1.29 is 0 Å². The Balaban J connectivity index is 1.96. The number of hydrogen-bond donors (Lipinski definition) is 0. The van der Waals surface area contributed by atoms with E-state index in [1.807, 2.05) is 18.5 Å². The van der Waals surface area contributed by atoms with E-state index in [2.05, 4.69) is 67.4 Å². The Morgan fingerprint density at radius 1 is 0.762 bits per heavy atom. The zero-order chi connectivity index (χ0) is 14.4. The molecule has 102 valence electrons. The fourth-order valence-electron chi connectivity index (χ4n) is 3.43. The molecule has 1 aliphatic carbocycles. The van der Waals surface area contributed by atoms with Crippen LogP contribution in [0, 0.1) is 0 Å². The second-order valence-corrected chi connectivity index (χ2v) is 6.17. The Bertz CT molecular complexity index is 816. The highest BCUT2D eigenvalue weighted by Crippen LogP contribution is 2.49. The average molecular weight is 271 g/mol. The van der Waals surface area contributed by atoms with E-state index >= 15 is 0 Å². The second kappa shape index (κ2) is 4.29. The Labute approximate surface area is 125 Å². The summed E-state index contributed by atoms with van der Waals surface area (Å²) < 4.78 is 0. The number of fused-ring (bicyclic) bond motifs is 3. The van der Waals surface area contributed by atoms with Gasteiger partial charge in [0.15, 0.2) is 0 Å². The molecule has 0 atom stereocenters. The highest BCUT2D eigenvalue weighted by molar-refractivity contribution is 5.84. The molecule has 0 saturated carbocycles. The Morgan fingerprint density at radius 3 is 2.38 bits per heavy atom. The minimum atomic E-state index is 0.0827. The van der Waals surface area contributed by atoms with Gasteiger partial charge in [-0.1, -0.05) is 56.3 Å². The molecule has 0 unspecified atom stereocenters. The van der Waals surface area contributed by atoms with Gasteiger partial charge >= 0.3 is 0 Å². The van der Waals surface area contributed by atoms with Crippen molar-refractivity contribution >= 4 is 0 Å². The van der Waals surface area contributed by atoms with Crippen molar-refractivity contribution in [3.8, 4) is 22.3 Å². The van der Waals surface area contributed by atoms with Gasteiger partial charge in [-0.15, -0.1) is 0 Å². The molecule has 4 rings (SSSR count). The maximum absolute atomic E-state index is 4.23. The van der Waals surface area contributed by atoms with Crippen molar-refractivity contribution in [2.75, 3.05) is 0 Å². The van der Waals surface area contributed by atoms with E-state index in [-0.39, 0.29) is 5.41 Å². The molecule has 0 spiro atoms. The summed E-state index contributed by atoms with van der Waals surface area (Å²) in [4.78, 5) is 4.23. The van der Waals surface area contributed by atoms with Crippen LogP contribution < -0.4 is 0 Å². The molecule has 1 heterocycles. The summed E-state index contributed by atoms with van der Waals surface area (Å²) in [7, 11) is 0. The standard InChI is InChI=1S/C20H17N/c1-20(2)18-8-4-3-7-16(18)17-12-14(9-10-19(17)20)15-6-5-11-21-13-15/h3-13H,1-2H3. The summed E-state index contributed by atoms with van der Waals surface area (Å²) in [5.74, 6) is 0. The van der Waals surface area contributed by atoms with Crippen molar-refractivity contribution in [2.45, 2.75) is 19.3 Å². The smallest absolute Gasteiger partial charge is 0.0346 e. The third-order valence-corrected chi connectivity index (χ3v) is 4.58. The summed E-state index contributed by atoms with van der Waals surface area (Å²) in [5, 5.41) is 0. The third kappa shape index (κ3) is 1.74. The van der Waals surface area contributed by atoms with Gasteiger partial charge in [0.2, 0.25) is 0 Å². The zero-order valence-electron chi connectivity index (χ0n) is 12.3. The van der Waals surface area contributed by atoms with Crippen LogP contribution in [0.1, 0.15) is 25.0 Å². The van der Waals surface area contributed by atoms with Gasteiger partial charge in [0, 0.05) is 23.4 Å². The fraction of sp³-hybridized carbons (Fsp3) is 0.150. The summed E-state index contributed by atoms with van der Waals surface area (Å²) >= 11 is 0. The van der Waals surface area contributed by atoms with Crippen LogP contribution in [0.4, 0.5) is 0 Å². The normalized spacial score (nSPS) is 14.6. The zero-order valence-corrected chi connectivity index (χ0v) is 12.3. The molecule has 0 bridgehead atoms. The first kappa shape index (κ1) is 12.3. The molecule has 21 heavy (non-hydrogen) atoms. The molecule has 0 aliphatic heterocycles. The second-order valence-electron chi connectivity index (χ2n) is 6.17. The van der Waals surface area contributed by atoms with E-state index in [1.165, 1.54) is 33.4 Å². The van der Waals surface area contributed by atoms with Crippen LogP contribution in [-0.4, -0.2) is 4.98 Å².